The van der Waals surface area contributed by atoms with Gasteiger partial charge < -0.3 is 5.11 Å². The molecule has 2 rings (SSSR count). The Labute approximate surface area is 141 Å². The second-order valence-electron chi connectivity index (χ2n) is 5.37. The van der Waals surface area contributed by atoms with Gasteiger partial charge in [-0.3, -0.25) is 4.99 Å². The van der Waals surface area contributed by atoms with Gasteiger partial charge in [0.1, 0.15) is 6.10 Å². The number of hydrogen-bond acceptors (Lipinski definition) is 2. The summed E-state index contributed by atoms with van der Waals surface area (Å²) in [6.07, 6.45) is -1.07. The molecule has 0 saturated carbocycles. The number of benzene rings is 2. The molecule has 1 N–H and O–H groups in total. The highest BCUT2D eigenvalue weighted by molar-refractivity contribution is 6.61. The van der Waals surface area contributed by atoms with E-state index < -0.39 is 10.4 Å². The second kappa shape index (κ2) is 7.28. The van der Waals surface area contributed by atoms with Crippen molar-refractivity contribution >= 4 is 28.9 Å². The fourth-order valence-corrected chi connectivity index (χ4v) is 2.75. The van der Waals surface area contributed by atoms with Crippen LogP contribution in [0.1, 0.15) is 31.1 Å². The molecule has 0 aliphatic heterocycles. The van der Waals surface area contributed by atoms with Crippen molar-refractivity contribution in [1.29, 1.82) is 0 Å². The normalized spacial score (nSPS) is 14.2. The maximum Gasteiger partial charge on any atom is 0.189 e. The molecule has 0 saturated heterocycles. The topological polar surface area (TPSA) is 32.6 Å². The Hall–Kier alpha value is -1.35. The summed E-state index contributed by atoms with van der Waals surface area (Å²) in [5, 5.41) is 10.6. The van der Waals surface area contributed by atoms with Gasteiger partial charge >= 0.3 is 0 Å². The highest BCUT2D eigenvalue weighted by atomic mass is 35.5. The van der Waals surface area contributed by atoms with Crippen LogP contribution < -0.4 is 0 Å². The predicted molar refractivity (Wildman–Crippen MR) is 94.0 cm³/mol. The molecule has 0 bridgehead atoms. The van der Waals surface area contributed by atoms with Crippen molar-refractivity contribution in [1.82, 2.24) is 0 Å². The van der Waals surface area contributed by atoms with Crippen LogP contribution in [0.4, 0.5) is 0 Å². The third-order valence-corrected chi connectivity index (χ3v) is 3.98. The van der Waals surface area contributed by atoms with Crippen LogP contribution in [-0.4, -0.2) is 21.2 Å². The van der Waals surface area contributed by atoms with Crippen LogP contribution in [0, 0.1) is 0 Å². The molecule has 0 heterocycles. The zero-order valence-corrected chi connectivity index (χ0v) is 14.1. The number of aliphatic hydroxyl groups excluding tert-OH is 1. The molecule has 1 unspecified atom stereocenters. The number of aliphatic hydroxyl groups is 1. The Kier molecular flexibility index (Phi) is 5.63. The van der Waals surface area contributed by atoms with Gasteiger partial charge in [-0.1, -0.05) is 83.9 Å². The minimum Gasteiger partial charge on any atom is -0.385 e. The van der Waals surface area contributed by atoms with E-state index in [4.69, 9.17) is 23.2 Å². The van der Waals surface area contributed by atoms with Crippen molar-refractivity contribution in [3.8, 4) is 0 Å². The SMILES string of the molecule is CC(C)N=C(c1ccccc1)C(Cl)(Cl)C(O)c1ccccc1. The summed E-state index contributed by atoms with van der Waals surface area (Å²) in [4.78, 5) is 4.56. The zero-order valence-electron chi connectivity index (χ0n) is 12.6. The summed E-state index contributed by atoms with van der Waals surface area (Å²) in [6.45, 7) is 3.89. The molecule has 0 aliphatic carbocycles. The van der Waals surface area contributed by atoms with Gasteiger partial charge in [0, 0.05) is 6.04 Å². The average molecular weight is 336 g/mol. The van der Waals surface area contributed by atoms with E-state index in [1.54, 1.807) is 12.1 Å². The maximum absolute atomic E-state index is 10.6. The number of aliphatic imine (C=N–C) groups is 1. The third-order valence-electron chi connectivity index (χ3n) is 3.21. The second-order valence-corrected chi connectivity index (χ2v) is 6.76. The summed E-state index contributed by atoms with van der Waals surface area (Å²) in [5.41, 5.74) is 1.93. The van der Waals surface area contributed by atoms with E-state index >= 15 is 0 Å². The van der Waals surface area contributed by atoms with Crippen LogP contribution in [-0.2, 0) is 0 Å². The highest BCUT2D eigenvalue weighted by Crippen LogP contribution is 2.39. The molecule has 0 aliphatic rings. The Morgan fingerprint density at radius 3 is 1.95 bits per heavy atom. The van der Waals surface area contributed by atoms with Crippen molar-refractivity contribution < 1.29 is 5.11 Å². The zero-order chi connectivity index (χ0) is 16.2. The van der Waals surface area contributed by atoms with Crippen LogP contribution in [0.3, 0.4) is 0 Å². The Morgan fingerprint density at radius 2 is 1.45 bits per heavy atom. The molecule has 22 heavy (non-hydrogen) atoms. The molecule has 2 aromatic rings. The lowest BCUT2D eigenvalue weighted by Gasteiger charge is -2.28. The molecule has 2 aromatic carbocycles. The van der Waals surface area contributed by atoms with Gasteiger partial charge in [0.25, 0.3) is 0 Å². The number of rotatable bonds is 5. The lowest BCUT2D eigenvalue weighted by molar-refractivity contribution is 0.178. The summed E-state index contributed by atoms with van der Waals surface area (Å²) >= 11 is 13.1. The molecule has 116 valence electrons. The summed E-state index contributed by atoms with van der Waals surface area (Å²) in [6, 6.07) is 18.6. The molecular formula is C18H19Cl2NO. The van der Waals surface area contributed by atoms with Gasteiger partial charge in [0.15, 0.2) is 4.33 Å². The number of nitrogens with zero attached hydrogens (tertiary/aromatic N) is 1. The summed E-state index contributed by atoms with van der Waals surface area (Å²) in [5.74, 6) is 0. The molecule has 4 heteroatoms. The highest BCUT2D eigenvalue weighted by Gasteiger charge is 2.40. The van der Waals surface area contributed by atoms with Crippen molar-refractivity contribution in [2.24, 2.45) is 4.99 Å². The van der Waals surface area contributed by atoms with Crippen LogP contribution in [0.25, 0.3) is 0 Å². The van der Waals surface area contributed by atoms with E-state index in [-0.39, 0.29) is 6.04 Å². The van der Waals surface area contributed by atoms with E-state index in [2.05, 4.69) is 4.99 Å². The minimum atomic E-state index is -1.53. The quantitative estimate of drug-likeness (QED) is 0.618. The monoisotopic (exact) mass is 335 g/mol. The fraction of sp³-hybridized carbons (Fsp3) is 0.278. The van der Waals surface area contributed by atoms with Crippen molar-refractivity contribution in [2.45, 2.75) is 30.3 Å². The van der Waals surface area contributed by atoms with Gasteiger partial charge in [-0.2, -0.15) is 0 Å². The van der Waals surface area contributed by atoms with E-state index in [9.17, 15) is 5.11 Å². The Morgan fingerprint density at radius 1 is 0.955 bits per heavy atom. The van der Waals surface area contributed by atoms with Crippen molar-refractivity contribution in [3.05, 3.63) is 71.8 Å². The molecule has 2 nitrogen and oxygen atoms in total. The van der Waals surface area contributed by atoms with E-state index in [0.717, 1.165) is 5.56 Å². The number of hydrogen-bond donors (Lipinski definition) is 1. The van der Waals surface area contributed by atoms with Crippen LogP contribution in [0.5, 0.6) is 0 Å². The van der Waals surface area contributed by atoms with Crippen molar-refractivity contribution in [3.63, 3.8) is 0 Å². The largest absolute Gasteiger partial charge is 0.385 e. The van der Waals surface area contributed by atoms with Gasteiger partial charge in [-0.15, -0.1) is 0 Å². The molecule has 1 atom stereocenters. The van der Waals surface area contributed by atoms with E-state index in [1.807, 2.05) is 62.4 Å². The first-order valence-electron chi connectivity index (χ1n) is 7.17. The van der Waals surface area contributed by atoms with Crippen molar-refractivity contribution in [2.75, 3.05) is 0 Å². The molecule has 0 fully saturated rings. The van der Waals surface area contributed by atoms with Crippen LogP contribution in [0.2, 0.25) is 0 Å². The Balaban J connectivity index is 2.46. The first-order valence-corrected chi connectivity index (χ1v) is 7.93. The van der Waals surface area contributed by atoms with Gasteiger partial charge in [0.05, 0.1) is 5.71 Å². The Bertz CT molecular complexity index is 624. The molecular weight excluding hydrogens is 317 g/mol. The maximum atomic E-state index is 10.6. The van der Waals surface area contributed by atoms with Gasteiger partial charge in [-0.25, -0.2) is 0 Å². The smallest absolute Gasteiger partial charge is 0.189 e. The number of halogens is 2. The van der Waals surface area contributed by atoms with E-state index in [0.29, 0.717) is 11.3 Å². The molecule has 0 aromatic heterocycles. The van der Waals surface area contributed by atoms with Gasteiger partial charge in [-0.05, 0) is 25.0 Å². The minimum absolute atomic E-state index is 0.00931. The molecule has 0 radical (unpaired) electrons. The fourth-order valence-electron chi connectivity index (χ4n) is 2.18. The first-order chi connectivity index (χ1) is 10.4. The van der Waals surface area contributed by atoms with Crippen LogP contribution in [0.15, 0.2) is 65.7 Å². The molecule has 0 amide bonds. The van der Waals surface area contributed by atoms with E-state index in [1.165, 1.54) is 0 Å². The first kappa shape index (κ1) is 17.0. The van der Waals surface area contributed by atoms with Crippen LogP contribution >= 0.6 is 23.2 Å². The standard InChI is InChI=1S/C18H19Cl2NO/c1-13(2)21-16(14-9-5-3-6-10-14)18(19,20)17(22)15-11-7-4-8-12-15/h3-13,17,22H,1-2H3. The predicted octanol–water partition coefficient (Wildman–Crippen LogP) is 4.79. The lowest BCUT2D eigenvalue weighted by Crippen LogP contribution is -2.35. The third kappa shape index (κ3) is 3.89. The summed E-state index contributed by atoms with van der Waals surface area (Å²) < 4.78 is -1.53. The molecule has 0 spiro atoms. The number of alkyl halides is 2. The average Bonchev–Trinajstić information content (AvgIpc) is 2.53. The lowest BCUT2D eigenvalue weighted by atomic mass is 9.98. The summed E-state index contributed by atoms with van der Waals surface area (Å²) in [7, 11) is 0. The van der Waals surface area contributed by atoms with Gasteiger partial charge in [0.2, 0.25) is 0 Å².